The number of nitrogens with zero attached hydrogens (tertiary/aromatic N) is 1. The molecule has 4 rings (SSSR count). The van der Waals surface area contributed by atoms with Crippen molar-refractivity contribution in [2.75, 3.05) is 5.32 Å². The van der Waals surface area contributed by atoms with Gasteiger partial charge >= 0.3 is 12.1 Å². The van der Waals surface area contributed by atoms with Gasteiger partial charge in [-0.15, -0.1) is 0 Å². The first kappa shape index (κ1) is 29.3. The van der Waals surface area contributed by atoms with Gasteiger partial charge in [0.05, 0.1) is 17.9 Å². The number of anilines is 1. The second-order valence-corrected chi connectivity index (χ2v) is 10.7. The number of carbonyl (C=O) groups excluding carboxylic acids is 1. The summed E-state index contributed by atoms with van der Waals surface area (Å²) in [6, 6.07) is 13.9. The molecule has 0 aliphatic heterocycles. The Morgan fingerprint density at radius 1 is 1.05 bits per heavy atom. The number of benzene rings is 2. The second kappa shape index (κ2) is 12.2. The zero-order valence-corrected chi connectivity index (χ0v) is 23.0. The van der Waals surface area contributed by atoms with E-state index in [0.29, 0.717) is 23.2 Å². The van der Waals surface area contributed by atoms with E-state index in [0.717, 1.165) is 48.4 Å². The van der Waals surface area contributed by atoms with Crippen molar-refractivity contribution < 1.29 is 27.9 Å². The maximum atomic E-state index is 13.8. The minimum Gasteiger partial charge on any atom is -0.481 e. The van der Waals surface area contributed by atoms with E-state index in [2.05, 4.69) is 10.3 Å². The maximum absolute atomic E-state index is 13.8. The lowest BCUT2D eigenvalue weighted by molar-refractivity contribution is -0.138. The Bertz CT molecular complexity index is 1360. The molecule has 3 aromatic rings. The minimum absolute atomic E-state index is 0.0206. The van der Waals surface area contributed by atoms with Gasteiger partial charge in [-0.3, -0.25) is 14.6 Å². The summed E-state index contributed by atoms with van der Waals surface area (Å²) < 4.78 is 40.3. The molecule has 1 aliphatic rings. The van der Waals surface area contributed by atoms with Gasteiger partial charge in [-0.1, -0.05) is 56.2 Å². The van der Waals surface area contributed by atoms with E-state index >= 15 is 0 Å². The fraction of sp³-hybridized carbons (Fsp3) is 0.406. The number of aryl methyl sites for hydroxylation is 1. The van der Waals surface area contributed by atoms with Crippen molar-refractivity contribution in [3.63, 3.8) is 0 Å². The number of pyridine rings is 1. The molecule has 1 unspecified atom stereocenters. The van der Waals surface area contributed by atoms with Gasteiger partial charge in [0.2, 0.25) is 5.91 Å². The molecule has 0 saturated heterocycles. The van der Waals surface area contributed by atoms with Gasteiger partial charge in [0, 0.05) is 23.1 Å². The van der Waals surface area contributed by atoms with Crippen LogP contribution >= 0.6 is 0 Å². The van der Waals surface area contributed by atoms with Crippen LogP contribution in [-0.4, -0.2) is 22.0 Å². The lowest BCUT2D eigenvalue weighted by Crippen LogP contribution is -2.27. The van der Waals surface area contributed by atoms with Crippen molar-refractivity contribution in [3.8, 4) is 11.1 Å². The van der Waals surface area contributed by atoms with Gasteiger partial charge in [0.1, 0.15) is 0 Å². The molecule has 40 heavy (non-hydrogen) atoms. The Kier molecular flexibility index (Phi) is 8.96. The summed E-state index contributed by atoms with van der Waals surface area (Å²) in [6.45, 7) is 5.20. The molecule has 1 saturated carbocycles. The van der Waals surface area contributed by atoms with Crippen molar-refractivity contribution in [1.29, 1.82) is 0 Å². The number of rotatable bonds is 9. The van der Waals surface area contributed by atoms with Gasteiger partial charge < -0.3 is 10.4 Å². The van der Waals surface area contributed by atoms with Crippen LogP contribution < -0.4 is 5.32 Å². The van der Waals surface area contributed by atoms with Gasteiger partial charge in [0.25, 0.3) is 0 Å². The van der Waals surface area contributed by atoms with Gasteiger partial charge in [-0.25, -0.2) is 0 Å². The number of halogens is 3. The number of aliphatic carboxylic acids is 1. The number of carboxylic acids is 1. The quantitative estimate of drug-likeness (QED) is 0.280. The zero-order chi connectivity index (χ0) is 29.0. The molecular formula is C32H35F3N2O3. The standard InChI is InChI=1S/C32H35F3N2O3/c1-4-21(17-29(38)39)26-10-7-11-28(19(26)2)37-31(40)30(23-8-5-6-9-23)24-14-12-22(13-15-24)25-16-27(32(33,34)35)20(3)36-18-25/h7,10-16,18,21,23,30H,4-6,8-9,17H2,1-3H3,(H,37,40)(H,38,39)/t21?,30-/m1/s1. The minimum atomic E-state index is -4.49. The summed E-state index contributed by atoms with van der Waals surface area (Å²) in [5.41, 5.74) is 3.38. The first-order chi connectivity index (χ1) is 19.0. The summed E-state index contributed by atoms with van der Waals surface area (Å²) in [5.74, 6) is -1.41. The van der Waals surface area contributed by atoms with Crippen LogP contribution in [0.1, 0.15) is 85.2 Å². The van der Waals surface area contributed by atoms with Crippen molar-refractivity contribution in [3.05, 3.63) is 82.7 Å². The third kappa shape index (κ3) is 6.54. The number of carbonyl (C=O) groups is 2. The number of hydrogen-bond donors (Lipinski definition) is 2. The third-order valence-corrected chi connectivity index (χ3v) is 8.14. The van der Waals surface area contributed by atoms with Crippen LogP contribution in [0, 0.1) is 19.8 Å². The molecule has 0 spiro atoms. The molecule has 1 aromatic heterocycles. The predicted molar refractivity (Wildman–Crippen MR) is 149 cm³/mol. The van der Waals surface area contributed by atoms with E-state index in [1.165, 1.54) is 13.1 Å². The number of alkyl halides is 3. The summed E-state index contributed by atoms with van der Waals surface area (Å²) in [5, 5.41) is 12.4. The zero-order valence-electron chi connectivity index (χ0n) is 23.0. The van der Waals surface area contributed by atoms with Gasteiger partial charge in [0.15, 0.2) is 0 Å². The van der Waals surface area contributed by atoms with E-state index in [1.54, 1.807) is 12.1 Å². The monoisotopic (exact) mass is 552 g/mol. The number of hydrogen-bond acceptors (Lipinski definition) is 3. The average Bonchev–Trinajstić information content (AvgIpc) is 3.43. The van der Waals surface area contributed by atoms with Crippen LogP contribution in [0.3, 0.4) is 0 Å². The average molecular weight is 553 g/mol. The molecule has 0 bridgehead atoms. The molecule has 1 heterocycles. The fourth-order valence-corrected chi connectivity index (χ4v) is 5.92. The number of aromatic nitrogens is 1. The Balaban J connectivity index is 1.62. The van der Waals surface area contributed by atoms with Crippen LogP contribution in [-0.2, 0) is 15.8 Å². The molecule has 212 valence electrons. The highest BCUT2D eigenvalue weighted by Crippen LogP contribution is 2.40. The van der Waals surface area contributed by atoms with Crippen molar-refractivity contribution in [2.24, 2.45) is 5.92 Å². The predicted octanol–water partition coefficient (Wildman–Crippen LogP) is 8.27. The SMILES string of the molecule is CCC(CC(=O)O)c1cccc(NC(=O)[C@@H](c2ccc(-c3cnc(C)c(C(F)(F)F)c3)cc2)C2CCCC2)c1C. The largest absolute Gasteiger partial charge is 0.481 e. The lowest BCUT2D eigenvalue weighted by Gasteiger charge is -2.25. The van der Waals surface area contributed by atoms with Crippen LogP contribution in [0.15, 0.2) is 54.7 Å². The van der Waals surface area contributed by atoms with Crippen molar-refractivity contribution in [1.82, 2.24) is 4.98 Å². The molecule has 2 atom stereocenters. The van der Waals surface area contributed by atoms with E-state index < -0.39 is 23.6 Å². The molecule has 2 aromatic carbocycles. The Morgan fingerprint density at radius 2 is 1.73 bits per heavy atom. The Morgan fingerprint density at radius 3 is 2.33 bits per heavy atom. The summed E-state index contributed by atoms with van der Waals surface area (Å²) in [4.78, 5) is 29.1. The van der Waals surface area contributed by atoms with Gasteiger partial charge in [-0.2, -0.15) is 13.2 Å². The smallest absolute Gasteiger partial charge is 0.418 e. The Labute approximate surface area is 232 Å². The molecule has 1 fully saturated rings. The molecule has 1 amide bonds. The van der Waals surface area contributed by atoms with Crippen molar-refractivity contribution >= 4 is 17.6 Å². The second-order valence-electron chi connectivity index (χ2n) is 10.7. The Hall–Kier alpha value is -3.68. The van der Waals surface area contributed by atoms with Crippen LogP contribution in [0.25, 0.3) is 11.1 Å². The van der Waals surface area contributed by atoms with Crippen molar-refractivity contribution in [2.45, 2.75) is 77.3 Å². The molecular weight excluding hydrogens is 517 g/mol. The molecule has 5 nitrogen and oxygen atoms in total. The number of carboxylic acid groups (broad SMARTS) is 1. The molecule has 8 heteroatoms. The van der Waals surface area contributed by atoms with Gasteiger partial charge in [-0.05, 0) is 79.3 Å². The number of amides is 1. The van der Waals surface area contributed by atoms with E-state index in [4.69, 9.17) is 0 Å². The highest BCUT2D eigenvalue weighted by molar-refractivity contribution is 5.97. The highest BCUT2D eigenvalue weighted by Gasteiger charge is 2.34. The van der Waals surface area contributed by atoms with E-state index in [-0.39, 0.29) is 29.9 Å². The first-order valence-electron chi connectivity index (χ1n) is 13.8. The van der Waals surface area contributed by atoms with E-state index in [1.807, 2.05) is 44.2 Å². The maximum Gasteiger partial charge on any atom is 0.418 e. The highest BCUT2D eigenvalue weighted by atomic mass is 19.4. The summed E-state index contributed by atoms with van der Waals surface area (Å²) in [6.07, 6.45) is 1.57. The topological polar surface area (TPSA) is 79.3 Å². The van der Waals surface area contributed by atoms with Crippen LogP contribution in [0.2, 0.25) is 0 Å². The first-order valence-corrected chi connectivity index (χ1v) is 13.8. The van der Waals surface area contributed by atoms with Crippen LogP contribution in [0.4, 0.5) is 18.9 Å². The lowest BCUT2D eigenvalue weighted by atomic mass is 9.83. The fourth-order valence-electron chi connectivity index (χ4n) is 5.92. The summed E-state index contributed by atoms with van der Waals surface area (Å²) >= 11 is 0. The van der Waals surface area contributed by atoms with Crippen LogP contribution in [0.5, 0.6) is 0 Å². The number of nitrogens with one attached hydrogen (secondary N) is 1. The van der Waals surface area contributed by atoms with E-state index in [9.17, 15) is 27.9 Å². The molecule has 0 radical (unpaired) electrons. The molecule has 1 aliphatic carbocycles. The molecule has 2 N–H and O–H groups in total. The summed E-state index contributed by atoms with van der Waals surface area (Å²) in [7, 11) is 0. The third-order valence-electron chi connectivity index (χ3n) is 8.14. The normalized spacial score (nSPS) is 15.6.